The molecule has 3 rings (SSSR count). The van der Waals surface area contributed by atoms with Crippen molar-refractivity contribution < 1.29 is 13.5 Å². The van der Waals surface area contributed by atoms with Gasteiger partial charge in [-0.15, -0.1) is 0 Å². The summed E-state index contributed by atoms with van der Waals surface area (Å²) >= 11 is 0. The third-order valence-corrected chi connectivity index (χ3v) is 5.62. The predicted molar refractivity (Wildman–Crippen MR) is 108 cm³/mol. The summed E-state index contributed by atoms with van der Waals surface area (Å²) in [5, 5.41) is 3.50. The third kappa shape index (κ3) is 5.11. The maximum Gasteiger partial charge on any atom is 0.193 e. The van der Waals surface area contributed by atoms with Crippen molar-refractivity contribution >= 4 is 11.6 Å². The van der Waals surface area contributed by atoms with E-state index in [-0.39, 0.29) is 5.82 Å². The maximum absolute atomic E-state index is 14.0. The van der Waals surface area contributed by atoms with Crippen LogP contribution in [0.1, 0.15) is 12.8 Å². The minimum atomic E-state index is -0.411. The Labute approximate surface area is 166 Å². The number of nitrogens with zero attached hydrogens (tertiary/aromatic N) is 4. The van der Waals surface area contributed by atoms with Crippen LogP contribution in [-0.2, 0) is 4.74 Å². The van der Waals surface area contributed by atoms with Gasteiger partial charge in [0.25, 0.3) is 0 Å². The van der Waals surface area contributed by atoms with Crippen LogP contribution < -0.4 is 10.2 Å². The monoisotopic (exact) mass is 395 g/mol. The molecule has 2 heterocycles. The average molecular weight is 395 g/mol. The third-order valence-electron chi connectivity index (χ3n) is 5.62. The highest BCUT2D eigenvalue weighted by Gasteiger charge is 2.26. The number of rotatable bonds is 6. The molecule has 2 saturated heterocycles. The number of benzene rings is 1. The van der Waals surface area contributed by atoms with Gasteiger partial charge in [0.15, 0.2) is 5.96 Å². The van der Waals surface area contributed by atoms with Gasteiger partial charge >= 0.3 is 0 Å². The van der Waals surface area contributed by atoms with Gasteiger partial charge in [-0.1, -0.05) is 0 Å². The second kappa shape index (κ2) is 10.0. The molecule has 28 heavy (non-hydrogen) atoms. The normalized spacial score (nSPS) is 21.4. The Hall–Kier alpha value is -1.93. The maximum atomic E-state index is 14.0. The molecule has 1 unspecified atom stereocenters. The van der Waals surface area contributed by atoms with E-state index >= 15 is 0 Å². The zero-order valence-electron chi connectivity index (χ0n) is 16.8. The van der Waals surface area contributed by atoms with E-state index in [0.717, 1.165) is 38.3 Å². The topological polar surface area (TPSA) is 43.3 Å². The van der Waals surface area contributed by atoms with Crippen molar-refractivity contribution in [3.63, 3.8) is 0 Å². The van der Waals surface area contributed by atoms with Crippen LogP contribution in [0.5, 0.6) is 0 Å². The number of ether oxygens (including phenoxy) is 1. The first kappa shape index (κ1) is 20.8. The summed E-state index contributed by atoms with van der Waals surface area (Å²) < 4.78 is 32.7. The van der Waals surface area contributed by atoms with E-state index < -0.39 is 5.82 Å². The molecule has 0 bridgehead atoms. The van der Waals surface area contributed by atoms with E-state index in [1.54, 1.807) is 14.2 Å². The van der Waals surface area contributed by atoms with Gasteiger partial charge in [-0.2, -0.15) is 0 Å². The van der Waals surface area contributed by atoms with Gasteiger partial charge in [-0.25, -0.2) is 8.78 Å². The lowest BCUT2D eigenvalue weighted by Gasteiger charge is -2.38. The molecule has 0 spiro atoms. The first-order chi connectivity index (χ1) is 13.6. The lowest BCUT2D eigenvalue weighted by molar-refractivity contribution is 0.141. The summed E-state index contributed by atoms with van der Waals surface area (Å²) in [6.07, 6.45) is 2.40. The summed E-state index contributed by atoms with van der Waals surface area (Å²) in [5.74, 6) is 0.0820. The number of hydrogen-bond donors (Lipinski definition) is 1. The smallest absolute Gasteiger partial charge is 0.193 e. The summed E-state index contributed by atoms with van der Waals surface area (Å²) in [5.41, 5.74) is 0.335. The van der Waals surface area contributed by atoms with E-state index in [1.165, 1.54) is 25.0 Å². The van der Waals surface area contributed by atoms with E-state index in [2.05, 4.69) is 20.1 Å². The number of guanidine groups is 1. The molecule has 0 amide bonds. The Balaban J connectivity index is 1.50. The SMILES string of the molecule is CN=C(NCC1CCCN1CCOC)N1CCN(c2cc(F)ccc2F)CC1. The molecule has 0 aromatic heterocycles. The van der Waals surface area contributed by atoms with Gasteiger partial charge < -0.3 is 19.9 Å². The average Bonchev–Trinajstić information content (AvgIpc) is 3.16. The summed E-state index contributed by atoms with van der Waals surface area (Å²) in [7, 11) is 3.53. The van der Waals surface area contributed by atoms with Gasteiger partial charge in [0.05, 0.1) is 12.3 Å². The number of nitrogens with one attached hydrogen (secondary N) is 1. The van der Waals surface area contributed by atoms with Crippen molar-refractivity contribution in [2.75, 3.05) is 71.5 Å². The number of hydrogen-bond acceptors (Lipinski definition) is 4. The highest BCUT2D eigenvalue weighted by Crippen LogP contribution is 2.22. The fourth-order valence-corrected chi connectivity index (χ4v) is 4.06. The van der Waals surface area contributed by atoms with Crippen LogP contribution in [0, 0.1) is 11.6 Å². The second-order valence-electron chi connectivity index (χ2n) is 7.32. The highest BCUT2D eigenvalue weighted by atomic mass is 19.1. The fourth-order valence-electron chi connectivity index (χ4n) is 4.06. The number of likely N-dealkylation sites (tertiary alicyclic amines) is 1. The summed E-state index contributed by atoms with van der Waals surface area (Å²) in [4.78, 5) is 11.0. The largest absolute Gasteiger partial charge is 0.383 e. The predicted octanol–water partition coefficient (Wildman–Crippen LogP) is 1.77. The van der Waals surface area contributed by atoms with Crippen molar-refractivity contribution in [1.82, 2.24) is 15.1 Å². The molecule has 0 aliphatic carbocycles. The summed E-state index contributed by atoms with van der Waals surface area (Å²) in [6.45, 7) is 6.38. The Bertz CT molecular complexity index is 664. The Morgan fingerprint density at radius 3 is 2.71 bits per heavy atom. The number of methoxy groups -OCH3 is 1. The number of aliphatic imine (C=N–C) groups is 1. The van der Waals surface area contributed by atoms with Crippen LogP contribution in [0.4, 0.5) is 14.5 Å². The van der Waals surface area contributed by atoms with Crippen LogP contribution in [0.2, 0.25) is 0 Å². The van der Waals surface area contributed by atoms with Crippen molar-refractivity contribution in [3.8, 4) is 0 Å². The van der Waals surface area contributed by atoms with Crippen LogP contribution in [0.25, 0.3) is 0 Å². The quantitative estimate of drug-likeness (QED) is 0.588. The lowest BCUT2D eigenvalue weighted by Crippen LogP contribution is -2.54. The van der Waals surface area contributed by atoms with Crippen LogP contribution in [0.15, 0.2) is 23.2 Å². The highest BCUT2D eigenvalue weighted by molar-refractivity contribution is 5.80. The number of piperazine rings is 1. The molecule has 1 aromatic carbocycles. The van der Waals surface area contributed by atoms with Crippen molar-refractivity contribution in [1.29, 1.82) is 0 Å². The molecule has 6 nitrogen and oxygen atoms in total. The minimum absolute atomic E-state index is 0.335. The molecule has 156 valence electrons. The van der Waals surface area contributed by atoms with E-state index in [0.29, 0.717) is 37.9 Å². The van der Waals surface area contributed by atoms with Crippen molar-refractivity contribution in [3.05, 3.63) is 29.8 Å². The van der Waals surface area contributed by atoms with Gasteiger partial charge in [0.1, 0.15) is 11.6 Å². The van der Waals surface area contributed by atoms with Crippen LogP contribution in [-0.4, -0.2) is 88.4 Å². The number of anilines is 1. The van der Waals surface area contributed by atoms with Crippen molar-refractivity contribution in [2.24, 2.45) is 4.99 Å². The van der Waals surface area contributed by atoms with Gasteiger partial charge in [-0.3, -0.25) is 9.89 Å². The lowest BCUT2D eigenvalue weighted by atomic mass is 10.2. The molecule has 2 aliphatic heterocycles. The molecule has 8 heteroatoms. The first-order valence-corrected chi connectivity index (χ1v) is 10.0. The van der Waals surface area contributed by atoms with Gasteiger partial charge in [0, 0.05) is 65.5 Å². The Kier molecular flexibility index (Phi) is 7.44. The fraction of sp³-hybridized carbons (Fsp3) is 0.650. The molecular formula is C20H31F2N5O. The molecular weight excluding hydrogens is 364 g/mol. The molecule has 1 N–H and O–H groups in total. The minimum Gasteiger partial charge on any atom is -0.383 e. The van der Waals surface area contributed by atoms with Crippen LogP contribution in [0.3, 0.4) is 0 Å². The van der Waals surface area contributed by atoms with E-state index in [1.807, 2.05) is 4.90 Å². The zero-order chi connectivity index (χ0) is 19.9. The Morgan fingerprint density at radius 1 is 1.21 bits per heavy atom. The van der Waals surface area contributed by atoms with Gasteiger partial charge in [-0.05, 0) is 31.5 Å². The van der Waals surface area contributed by atoms with Gasteiger partial charge in [0.2, 0.25) is 0 Å². The van der Waals surface area contributed by atoms with E-state index in [4.69, 9.17) is 4.74 Å². The van der Waals surface area contributed by atoms with Crippen LogP contribution >= 0.6 is 0 Å². The molecule has 1 atom stereocenters. The summed E-state index contributed by atoms with van der Waals surface area (Å²) in [6, 6.07) is 4.11. The standard InChI is InChI=1S/C20H31F2N5O/c1-23-20(24-15-17-4-3-7-25(17)12-13-28-2)27-10-8-26(9-11-27)19-14-16(21)5-6-18(19)22/h5-6,14,17H,3-4,7-13,15H2,1-2H3,(H,23,24). The number of halogens is 2. The molecule has 2 aliphatic rings. The molecule has 0 radical (unpaired) electrons. The molecule has 2 fully saturated rings. The molecule has 1 aromatic rings. The first-order valence-electron chi connectivity index (χ1n) is 10.0. The van der Waals surface area contributed by atoms with Crippen molar-refractivity contribution in [2.45, 2.75) is 18.9 Å². The zero-order valence-corrected chi connectivity index (χ0v) is 16.8. The van der Waals surface area contributed by atoms with E-state index in [9.17, 15) is 8.78 Å². The Morgan fingerprint density at radius 2 is 2.00 bits per heavy atom. The molecule has 0 saturated carbocycles. The second-order valence-corrected chi connectivity index (χ2v) is 7.32.